The van der Waals surface area contributed by atoms with Gasteiger partial charge in [-0.25, -0.2) is 0 Å². The number of hydrogen-bond acceptors (Lipinski definition) is 7. The highest BCUT2D eigenvalue weighted by Crippen LogP contribution is 2.18. The summed E-state index contributed by atoms with van der Waals surface area (Å²) in [6, 6.07) is 33.8. The van der Waals surface area contributed by atoms with Crippen molar-refractivity contribution in [2.24, 2.45) is 17.2 Å². The zero-order valence-electron chi connectivity index (χ0n) is 25.0. The normalized spacial score (nSPS) is 10.3. The van der Waals surface area contributed by atoms with Gasteiger partial charge in [0.15, 0.2) is 0 Å². The summed E-state index contributed by atoms with van der Waals surface area (Å²) >= 11 is 0. The summed E-state index contributed by atoms with van der Waals surface area (Å²) in [4.78, 5) is 30.8. The van der Waals surface area contributed by atoms with E-state index in [1.54, 1.807) is 19.2 Å². The van der Waals surface area contributed by atoms with Crippen molar-refractivity contribution in [3.8, 4) is 16.9 Å². The summed E-state index contributed by atoms with van der Waals surface area (Å²) in [6.45, 7) is 1.14. The number of methoxy groups -OCH3 is 1. The number of carbonyl (C=O) groups is 3. The van der Waals surface area contributed by atoms with Crippen LogP contribution in [-0.2, 0) is 22.6 Å². The molecule has 4 aromatic rings. The molecule has 1 atom stereocenters. The highest BCUT2D eigenvalue weighted by Gasteiger charge is 2.09. The van der Waals surface area contributed by atoms with Crippen LogP contribution in [0.3, 0.4) is 0 Å². The number of unbranched alkanes of at least 4 members (excludes halogenated alkanes) is 1. The van der Waals surface area contributed by atoms with Crippen molar-refractivity contribution in [1.29, 1.82) is 0 Å². The quantitative estimate of drug-likeness (QED) is 0.115. The SMILES string of the molecule is COc1ccccc1CN.NCCCC[C@H](N)C(=O)O.O=C(O)Cc1ccccc1.O=Cc1ccc(-c2ccccc2)cc1. The number of aldehydes is 1. The van der Waals surface area contributed by atoms with Gasteiger partial charge >= 0.3 is 11.9 Å². The number of hydrogen-bond donors (Lipinski definition) is 5. The Bertz CT molecular complexity index is 1330. The third-order valence-electron chi connectivity index (χ3n) is 6.05. The van der Waals surface area contributed by atoms with Crippen LogP contribution in [-0.4, -0.2) is 48.1 Å². The highest BCUT2D eigenvalue weighted by molar-refractivity contribution is 5.77. The van der Waals surface area contributed by atoms with Gasteiger partial charge in [0.05, 0.1) is 13.5 Å². The molecule has 4 rings (SSSR count). The van der Waals surface area contributed by atoms with E-state index in [0.29, 0.717) is 25.1 Å². The topological polar surface area (TPSA) is 179 Å². The predicted octanol–water partition coefficient (Wildman–Crippen LogP) is 5.16. The molecule has 0 aliphatic heterocycles. The number of nitrogens with two attached hydrogens (primary N) is 3. The Labute approximate surface area is 259 Å². The molecule has 44 heavy (non-hydrogen) atoms. The second kappa shape index (κ2) is 22.7. The van der Waals surface area contributed by atoms with Crippen LogP contribution >= 0.6 is 0 Å². The van der Waals surface area contributed by atoms with Crippen LogP contribution in [0.15, 0.2) is 109 Å². The molecule has 9 nitrogen and oxygen atoms in total. The van der Waals surface area contributed by atoms with Gasteiger partial charge in [-0.3, -0.25) is 14.4 Å². The minimum absolute atomic E-state index is 0.112. The number of carboxylic acids is 2. The van der Waals surface area contributed by atoms with Crippen molar-refractivity contribution in [2.45, 2.75) is 38.3 Å². The fraction of sp³-hybridized carbons (Fsp3) is 0.229. The van der Waals surface area contributed by atoms with Crippen molar-refractivity contribution in [3.05, 3.63) is 126 Å². The van der Waals surface area contributed by atoms with Gasteiger partial charge in [0.25, 0.3) is 0 Å². The molecule has 0 aliphatic carbocycles. The third-order valence-corrected chi connectivity index (χ3v) is 6.05. The molecule has 0 saturated carbocycles. The minimum Gasteiger partial charge on any atom is -0.496 e. The van der Waals surface area contributed by atoms with Gasteiger partial charge in [0, 0.05) is 17.7 Å². The molecular formula is C35H43N3O6. The van der Waals surface area contributed by atoms with Crippen molar-refractivity contribution < 1.29 is 29.3 Å². The number of para-hydroxylation sites is 1. The average molecular weight is 602 g/mol. The molecular weight excluding hydrogens is 558 g/mol. The molecule has 0 aliphatic rings. The Morgan fingerprint density at radius 3 is 1.80 bits per heavy atom. The second-order valence-electron chi connectivity index (χ2n) is 9.41. The molecule has 0 bridgehead atoms. The first-order valence-electron chi connectivity index (χ1n) is 14.1. The molecule has 4 aromatic carbocycles. The van der Waals surface area contributed by atoms with Crippen LogP contribution in [0.5, 0.6) is 5.75 Å². The molecule has 0 radical (unpaired) electrons. The predicted molar refractivity (Wildman–Crippen MR) is 174 cm³/mol. The maximum atomic E-state index is 10.5. The fourth-order valence-corrected chi connectivity index (χ4v) is 3.66. The largest absolute Gasteiger partial charge is 0.496 e. The number of carboxylic acid groups (broad SMARTS) is 2. The van der Waals surface area contributed by atoms with Crippen LogP contribution in [0.2, 0.25) is 0 Å². The van der Waals surface area contributed by atoms with E-state index >= 15 is 0 Å². The summed E-state index contributed by atoms with van der Waals surface area (Å²) in [5.74, 6) is -0.853. The van der Waals surface area contributed by atoms with Crippen LogP contribution in [0.4, 0.5) is 0 Å². The number of aliphatic carboxylic acids is 2. The summed E-state index contributed by atoms with van der Waals surface area (Å²) in [5.41, 5.74) is 20.8. The summed E-state index contributed by atoms with van der Waals surface area (Å²) in [7, 11) is 1.65. The molecule has 0 fully saturated rings. The summed E-state index contributed by atoms with van der Waals surface area (Å²) < 4.78 is 5.06. The van der Waals surface area contributed by atoms with E-state index in [1.165, 1.54) is 5.56 Å². The Morgan fingerprint density at radius 2 is 1.32 bits per heavy atom. The Balaban J connectivity index is 0.000000298. The molecule has 9 heteroatoms. The third kappa shape index (κ3) is 16.0. The van der Waals surface area contributed by atoms with E-state index in [9.17, 15) is 14.4 Å². The Hall–Kier alpha value is -4.83. The van der Waals surface area contributed by atoms with Gasteiger partial charge in [-0.15, -0.1) is 0 Å². The van der Waals surface area contributed by atoms with Crippen molar-refractivity contribution in [1.82, 2.24) is 0 Å². The van der Waals surface area contributed by atoms with Gasteiger partial charge in [-0.2, -0.15) is 0 Å². The summed E-state index contributed by atoms with van der Waals surface area (Å²) in [5, 5.41) is 16.7. The van der Waals surface area contributed by atoms with E-state index in [0.717, 1.165) is 41.6 Å². The minimum atomic E-state index is -0.933. The Kier molecular flexibility index (Phi) is 19.2. The second-order valence-corrected chi connectivity index (χ2v) is 9.41. The highest BCUT2D eigenvalue weighted by atomic mass is 16.5. The number of rotatable bonds is 11. The lowest BCUT2D eigenvalue weighted by atomic mass is 10.0. The first kappa shape index (κ1) is 37.2. The van der Waals surface area contributed by atoms with E-state index in [-0.39, 0.29) is 6.42 Å². The van der Waals surface area contributed by atoms with Crippen LogP contribution < -0.4 is 21.9 Å². The van der Waals surface area contributed by atoms with E-state index in [2.05, 4.69) is 12.1 Å². The molecule has 0 unspecified atom stereocenters. The lowest BCUT2D eigenvalue weighted by molar-refractivity contribution is -0.139. The molecule has 0 saturated heterocycles. The van der Waals surface area contributed by atoms with Crippen LogP contribution in [0.25, 0.3) is 11.1 Å². The number of benzene rings is 4. The van der Waals surface area contributed by atoms with Crippen molar-refractivity contribution in [2.75, 3.05) is 13.7 Å². The van der Waals surface area contributed by atoms with E-state index in [4.69, 9.17) is 32.2 Å². The maximum absolute atomic E-state index is 10.5. The van der Waals surface area contributed by atoms with Crippen LogP contribution in [0, 0.1) is 0 Å². The number of ether oxygens (including phenoxy) is 1. The van der Waals surface area contributed by atoms with Gasteiger partial charge < -0.3 is 32.2 Å². The smallest absolute Gasteiger partial charge is 0.320 e. The fourth-order valence-electron chi connectivity index (χ4n) is 3.66. The molecule has 234 valence electrons. The van der Waals surface area contributed by atoms with Gasteiger partial charge in [0.1, 0.15) is 18.1 Å². The first-order chi connectivity index (χ1) is 21.2. The standard InChI is InChI=1S/C13H10O.C8H11NO.C8H8O2.C6H14N2O2/c14-10-11-6-8-13(9-7-11)12-4-2-1-3-5-12;1-10-8-5-3-2-4-7(8)6-9;9-8(10)6-7-4-2-1-3-5-7;7-4-2-1-3-5(8)6(9)10/h1-10H;2-5H,6,9H2,1H3;1-5H,6H2,(H,9,10);5H,1-4,7-8H2,(H,9,10)/t;;;5-/m...0/s1. The van der Waals surface area contributed by atoms with Gasteiger partial charge in [-0.05, 0) is 42.1 Å². The molecule has 0 amide bonds. The zero-order valence-corrected chi connectivity index (χ0v) is 25.0. The first-order valence-corrected chi connectivity index (χ1v) is 14.1. The maximum Gasteiger partial charge on any atom is 0.320 e. The van der Waals surface area contributed by atoms with Crippen molar-refractivity contribution >= 4 is 18.2 Å². The van der Waals surface area contributed by atoms with E-state index in [1.807, 2.05) is 84.9 Å². The van der Waals surface area contributed by atoms with Crippen LogP contribution in [0.1, 0.15) is 40.7 Å². The Morgan fingerprint density at radius 1 is 0.773 bits per heavy atom. The molecule has 0 aromatic heterocycles. The molecule has 0 heterocycles. The lowest BCUT2D eigenvalue weighted by Gasteiger charge is -2.03. The van der Waals surface area contributed by atoms with Crippen molar-refractivity contribution in [3.63, 3.8) is 0 Å². The van der Waals surface area contributed by atoms with Gasteiger partial charge in [0.2, 0.25) is 0 Å². The zero-order chi connectivity index (χ0) is 32.6. The molecule has 0 spiro atoms. The number of carbonyl (C=O) groups excluding carboxylic acids is 1. The molecule has 8 N–H and O–H groups in total. The summed E-state index contributed by atoms with van der Waals surface area (Å²) in [6.07, 6.45) is 3.13. The monoisotopic (exact) mass is 601 g/mol. The van der Waals surface area contributed by atoms with Gasteiger partial charge in [-0.1, -0.05) is 110 Å². The lowest BCUT2D eigenvalue weighted by Crippen LogP contribution is -2.29. The van der Waals surface area contributed by atoms with E-state index < -0.39 is 18.0 Å². The average Bonchev–Trinajstić information content (AvgIpc) is 3.06.